The fraction of sp³-hybridized carbons (Fsp3) is 0.423. The molecule has 4 rings (SSSR count). The molecule has 0 aliphatic carbocycles. The molecule has 1 N–H and O–H groups in total. The summed E-state index contributed by atoms with van der Waals surface area (Å²) in [6, 6.07) is 18.1. The Morgan fingerprint density at radius 3 is 2.47 bits per heavy atom. The molecule has 8 heteroatoms. The summed E-state index contributed by atoms with van der Waals surface area (Å²) in [6.45, 7) is 6.52. The van der Waals surface area contributed by atoms with Crippen LogP contribution >= 0.6 is 11.8 Å². The van der Waals surface area contributed by atoms with E-state index in [0.29, 0.717) is 11.7 Å². The molecule has 1 saturated heterocycles. The van der Waals surface area contributed by atoms with Crippen LogP contribution in [0.2, 0.25) is 0 Å². The number of hydrogen-bond acceptors (Lipinski definition) is 6. The van der Waals surface area contributed by atoms with Crippen molar-refractivity contribution in [3.05, 3.63) is 60.2 Å². The minimum atomic E-state index is -0.324. The predicted octanol–water partition coefficient (Wildman–Crippen LogP) is 4.67. The third kappa shape index (κ3) is 5.55. The van der Waals surface area contributed by atoms with Gasteiger partial charge >= 0.3 is 0 Å². The van der Waals surface area contributed by atoms with Crippen molar-refractivity contribution in [1.29, 1.82) is 0 Å². The number of ether oxygens (including phenoxy) is 1. The Balaban J connectivity index is 1.52. The highest BCUT2D eigenvalue weighted by atomic mass is 32.2. The summed E-state index contributed by atoms with van der Waals surface area (Å²) in [7, 11) is 1.67. The number of nitrogens with zero attached hydrogens (tertiary/aromatic N) is 4. The van der Waals surface area contributed by atoms with E-state index in [1.54, 1.807) is 7.11 Å². The number of piperidine rings is 1. The van der Waals surface area contributed by atoms with Gasteiger partial charge in [0.15, 0.2) is 5.16 Å². The van der Waals surface area contributed by atoms with Crippen LogP contribution in [0.3, 0.4) is 0 Å². The summed E-state index contributed by atoms with van der Waals surface area (Å²) in [4.78, 5) is 15.2. The maximum absolute atomic E-state index is 12.9. The van der Waals surface area contributed by atoms with Crippen LogP contribution in [0.4, 0.5) is 5.95 Å². The number of anilines is 1. The van der Waals surface area contributed by atoms with Crippen molar-refractivity contribution < 1.29 is 9.53 Å². The number of aromatic nitrogens is 3. The summed E-state index contributed by atoms with van der Waals surface area (Å²) in [5.41, 5.74) is 2.09. The third-order valence-electron chi connectivity index (χ3n) is 6.18. The normalized spacial score (nSPS) is 15.6. The van der Waals surface area contributed by atoms with Crippen LogP contribution in [0.15, 0.2) is 59.8 Å². The molecule has 34 heavy (non-hydrogen) atoms. The Hall–Kier alpha value is -3.00. The van der Waals surface area contributed by atoms with Gasteiger partial charge in [0.1, 0.15) is 5.75 Å². The first-order chi connectivity index (χ1) is 16.6. The van der Waals surface area contributed by atoms with Gasteiger partial charge in [-0.1, -0.05) is 61.2 Å². The SMILES string of the molecule is COc1ccccc1-n1c(SC(C)C(=O)NCC(C)c2ccccc2)nnc1N1CCCCC1. The van der Waals surface area contributed by atoms with E-state index in [4.69, 9.17) is 4.74 Å². The Labute approximate surface area is 205 Å². The van der Waals surface area contributed by atoms with Crippen molar-refractivity contribution in [2.75, 3.05) is 31.6 Å². The molecule has 0 spiro atoms. The monoisotopic (exact) mass is 479 g/mol. The van der Waals surface area contributed by atoms with E-state index < -0.39 is 0 Å². The summed E-state index contributed by atoms with van der Waals surface area (Å²) < 4.78 is 7.68. The number of rotatable bonds is 9. The lowest BCUT2D eigenvalue weighted by atomic mass is 10.0. The summed E-state index contributed by atoms with van der Waals surface area (Å²) in [5.74, 6) is 1.78. The van der Waals surface area contributed by atoms with E-state index >= 15 is 0 Å². The molecule has 1 fully saturated rings. The van der Waals surface area contributed by atoms with Gasteiger partial charge in [-0.3, -0.25) is 9.36 Å². The van der Waals surface area contributed by atoms with Crippen molar-refractivity contribution in [3.8, 4) is 11.4 Å². The molecule has 7 nitrogen and oxygen atoms in total. The number of para-hydroxylation sites is 2. The molecule has 2 unspecified atom stereocenters. The standard InChI is InChI=1S/C26H33N5O2S/c1-19(21-12-6-4-7-13-21)18-27-24(32)20(2)34-26-29-28-25(30-16-10-5-11-17-30)31(26)22-14-8-9-15-23(22)33-3/h4,6-9,12-15,19-20H,5,10-11,16-18H2,1-3H3,(H,27,32). The zero-order valence-electron chi connectivity index (χ0n) is 20.1. The minimum absolute atomic E-state index is 0.0121. The molecule has 0 radical (unpaired) electrons. The molecular weight excluding hydrogens is 446 g/mol. The van der Waals surface area contributed by atoms with Gasteiger partial charge in [-0.25, -0.2) is 0 Å². The smallest absolute Gasteiger partial charge is 0.233 e. The van der Waals surface area contributed by atoms with Gasteiger partial charge in [0, 0.05) is 19.6 Å². The molecule has 1 aliphatic heterocycles. The highest BCUT2D eigenvalue weighted by Crippen LogP contribution is 2.34. The molecule has 1 aliphatic rings. The van der Waals surface area contributed by atoms with Crippen molar-refractivity contribution in [3.63, 3.8) is 0 Å². The van der Waals surface area contributed by atoms with E-state index in [1.807, 2.05) is 54.0 Å². The quantitative estimate of drug-likeness (QED) is 0.450. The first-order valence-corrected chi connectivity index (χ1v) is 12.8. The molecule has 0 saturated carbocycles. The number of benzene rings is 2. The van der Waals surface area contributed by atoms with E-state index in [9.17, 15) is 4.79 Å². The Morgan fingerprint density at radius 1 is 1.03 bits per heavy atom. The number of thioether (sulfide) groups is 1. The van der Waals surface area contributed by atoms with Crippen molar-refractivity contribution >= 4 is 23.6 Å². The topological polar surface area (TPSA) is 72.3 Å². The summed E-state index contributed by atoms with van der Waals surface area (Å²) >= 11 is 1.42. The van der Waals surface area contributed by atoms with Gasteiger partial charge in [-0.05, 0) is 49.8 Å². The molecule has 1 aromatic heterocycles. The highest BCUT2D eigenvalue weighted by molar-refractivity contribution is 8.00. The molecule has 3 aromatic rings. The number of carbonyl (C=O) groups is 1. The van der Waals surface area contributed by atoms with Gasteiger partial charge in [0.2, 0.25) is 11.9 Å². The number of nitrogens with one attached hydrogen (secondary N) is 1. The van der Waals surface area contributed by atoms with Gasteiger partial charge < -0.3 is 15.0 Å². The maximum atomic E-state index is 12.9. The Morgan fingerprint density at radius 2 is 1.74 bits per heavy atom. The van der Waals surface area contributed by atoms with Gasteiger partial charge in [0.25, 0.3) is 0 Å². The predicted molar refractivity (Wildman–Crippen MR) is 137 cm³/mol. The third-order valence-corrected chi connectivity index (χ3v) is 7.23. The zero-order valence-corrected chi connectivity index (χ0v) is 20.9. The van der Waals surface area contributed by atoms with Crippen LogP contribution in [-0.2, 0) is 4.79 Å². The fourth-order valence-electron chi connectivity index (χ4n) is 4.17. The van der Waals surface area contributed by atoms with Crippen LogP contribution in [0.5, 0.6) is 5.75 Å². The summed E-state index contributed by atoms with van der Waals surface area (Å²) in [6.07, 6.45) is 3.51. The number of carbonyl (C=O) groups excluding carboxylic acids is 1. The van der Waals surface area contributed by atoms with Crippen molar-refractivity contribution in [2.45, 2.75) is 49.4 Å². The van der Waals surface area contributed by atoms with Crippen molar-refractivity contribution in [2.24, 2.45) is 0 Å². The lowest BCUT2D eigenvalue weighted by Crippen LogP contribution is -2.34. The number of methoxy groups -OCH3 is 1. The lowest BCUT2D eigenvalue weighted by Gasteiger charge is -2.28. The number of hydrogen-bond donors (Lipinski definition) is 1. The van der Waals surface area contributed by atoms with E-state index in [-0.39, 0.29) is 17.1 Å². The summed E-state index contributed by atoms with van der Waals surface area (Å²) in [5, 5.41) is 12.5. The molecule has 2 aromatic carbocycles. The van der Waals surface area contributed by atoms with Crippen LogP contribution < -0.4 is 15.0 Å². The first kappa shape index (κ1) is 24.1. The van der Waals surface area contributed by atoms with Crippen molar-refractivity contribution in [1.82, 2.24) is 20.1 Å². The maximum Gasteiger partial charge on any atom is 0.233 e. The van der Waals surface area contributed by atoms with E-state index in [2.05, 4.69) is 39.5 Å². The number of amides is 1. The molecular formula is C26H33N5O2S. The Kier molecular flexibility index (Phi) is 8.11. The molecule has 0 bridgehead atoms. The average molecular weight is 480 g/mol. The molecule has 180 valence electrons. The zero-order chi connectivity index (χ0) is 23.9. The molecule has 2 heterocycles. The van der Waals surface area contributed by atoms with E-state index in [1.165, 1.54) is 23.7 Å². The van der Waals surface area contributed by atoms with Gasteiger partial charge in [-0.2, -0.15) is 0 Å². The lowest BCUT2D eigenvalue weighted by molar-refractivity contribution is -0.120. The molecule has 2 atom stereocenters. The van der Waals surface area contributed by atoms with Crippen LogP contribution in [0, 0.1) is 0 Å². The van der Waals surface area contributed by atoms with E-state index in [0.717, 1.165) is 43.3 Å². The highest BCUT2D eigenvalue weighted by Gasteiger charge is 2.26. The van der Waals surface area contributed by atoms with Crippen LogP contribution in [0.25, 0.3) is 5.69 Å². The molecule has 1 amide bonds. The van der Waals surface area contributed by atoms with Crippen LogP contribution in [0.1, 0.15) is 44.6 Å². The second-order valence-corrected chi connectivity index (χ2v) is 9.96. The second-order valence-electron chi connectivity index (χ2n) is 8.65. The Bertz CT molecular complexity index is 1080. The largest absolute Gasteiger partial charge is 0.495 e. The van der Waals surface area contributed by atoms with Gasteiger partial charge in [-0.15, -0.1) is 10.2 Å². The first-order valence-electron chi connectivity index (χ1n) is 11.9. The second kappa shape index (κ2) is 11.4. The van der Waals surface area contributed by atoms with Gasteiger partial charge in [0.05, 0.1) is 18.0 Å². The van der Waals surface area contributed by atoms with Crippen LogP contribution in [-0.4, -0.2) is 52.7 Å². The fourth-order valence-corrected chi connectivity index (χ4v) is 5.05. The minimum Gasteiger partial charge on any atom is -0.495 e. The average Bonchev–Trinajstić information content (AvgIpc) is 3.31.